The minimum Gasteiger partial charge on any atom is -0.388 e. The number of hydrogen-bond acceptors (Lipinski definition) is 9. The fourth-order valence-electron chi connectivity index (χ4n) is 6.87. The summed E-state index contributed by atoms with van der Waals surface area (Å²) in [4.78, 5) is 43.4. The third kappa shape index (κ3) is 7.29. The molecule has 4 N–H and O–H groups in total. The van der Waals surface area contributed by atoms with Gasteiger partial charge in [0.05, 0.1) is 29.0 Å². The molecule has 6 bridgehead atoms. The highest BCUT2D eigenvalue weighted by molar-refractivity contribution is 7.89. The second-order valence-electron chi connectivity index (χ2n) is 12.7. The molecule has 4 saturated heterocycles. The number of aliphatic hydroxyl groups excluding tert-OH is 2. The number of amides is 3. The summed E-state index contributed by atoms with van der Waals surface area (Å²) >= 11 is 0. The number of alkyl halides is 3. The summed E-state index contributed by atoms with van der Waals surface area (Å²) in [5.41, 5.74) is -0.374. The van der Waals surface area contributed by atoms with Crippen molar-refractivity contribution in [1.29, 1.82) is 0 Å². The maximum atomic E-state index is 14.1. The van der Waals surface area contributed by atoms with Crippen LogP contribution in [0, 0.1) is 5.82 Å². The van der Waals surface area contributed by atoms with Gasteiger partial charge in [-0.2, -0.15) is 17.5 Å². The Morgan fingerprint density at radius 2 is 1.65 bits per heavy atom. The Morgan fingerprint density at radius 1 is 0.939 bits per heavy atom. The first-order valence-electron chi connectivity index (χ1n) is 15.7. The number of sulfonamides is 1. The van der Waals surface area contributed by atoms with Crippen LogP contribution in [-0.2, 0) is 41.9 Å². The maximum absolute atomic E-state index is 14.1. The number of hydrogen-bond donors (Lipinski definition) is 4. The lowest BCUT2D eigenvalue weighted by Gasteiger charge is -2.41. The number of likely N-dealkylation sites (tertiary alicyclic amines) is 1. The molecule has 2 aromatic rings. The molecule has 3 amide bonds. The van der Waals surface area contributed by atoms with Crippen molar-refractivity contribution in [3.8, 4) is 0 Å². The zero-order chi connectivity index (χ0) is 35.2. The molecule has 0 unspecified atom stereocenters. The summed E-state index contributed by atoms with van der Waals surface area (Å²) in [5.74, 6) is -2.67. The summed E-state index contributed by atoms with van der Waals surface area (Å²) in [7, 11) is -4.45. The number of piperazine rings is 1. The van der Waals surface area contributed by atoms with Crippen molar-refractivity contribution < 1.29 is 55.3 Å². The molecule has 0 radical (unpaired) electrons. The molecule has 4 aliphatic rings. The van der Waals surface area contributed by atoms with Gasteiger partial charge in [0.2, 0.25) is 27.7 Å². The summed E-state index contributed by atoms with van der Waals surface area (Å²) in [5, 5.41) is 26.6. The van der Waals surface area contributed by atoms with Crippen LogP contribution in [0.25, 0.3) is 0 Å². The van der Waals surface area contributed by atoms with Gasteiger partial charge in [0.1, 0.15) is 30.2 Å². The topological polar surface area (TPSA) is 169 Å². The van der Waals surface area contributed by atoms with Gasteiger partial charge in [-0.25, -0.2) is 12.8 Å². The zero-order valence-electron chi connectivity index (χ0n) is 25.9. The summed E-state index contributed by atoms with van der Waals surface area (Å²) in [6, 6.07) is 5.73. The number of nitrogens with zero attached hydrogens (tertiary/aromatic N) is 3. The van der Waals surface area contributed by atoms with E-state index in [2.05, 4.69) is 10.6 Å². The number of benzene rings is 2. The highest BCUT2D eigenvalue weighted by Gasteiger charge is 2.48. The lowest BCUT2D eigenvalue weighted by Crippen LogP contribution is -2.63. The minimum absolute atomic E-state index is 0.0388. The number of carbonyl (C=O) groups is 3. The molecule has 18 heteroatoms. The highest BCUT2D eigenvalue weighted by Crippen LogP contribution is 2.31. The van der Waals surface area contributed by atoms with Gasteiger partial charge in [0.15, 0.2) is 0 Å². The van der Waals surface area contributed by atoms with E-state index >= 15 is 0 Å². The zero-order valence-corrected chi connectivity index (χ0v) is 26.7. The van der Waals surface area contributed by atoms with Crippen molar-refractivity contribution in [1.82, 2.24) is 24.7 Å². The Balaban J connectivity index is 1.31. The van der Waals surface area contributed by atoms with Crippen LogP contribution in [0.1, 0.15) is 24.0 Å². The fraction of sp³-hybridized carbons (Fsp3) is 0.516. The van der Waals surface area contributed by atoms with E-state index in [9.17, 15) is 50.6 Å². The number of fused-ring (bicyclic) bond motifs is 6. The summed E-state index contributed by atoms with van der Waals surface area (Å²) in [6.45, 7) is -1.08. The smallest absolute Gasteiger partial charge is 0.388 e. The molecule has 49 heavy (non-hydrogen) atoms. The number of aliphatic hydroxyl groups is 2. The quantitative estimate of drug-likeness (QED) is 0.314. The van der Waals surface area contributed by atoms with Gasteiger partial charge < -0.3 is 30.5 Å². The van der Waals surface area contributed by atoms with Crippen LogP contribution >= 0.6 is 0 Å². The number of nitrogens with one attached hydrogen (secondary N) is 2. The van der Waals surface area contributed by atoms with Gasteiger partial charge in [-0.3, -0.25) is 19.3 Å². The second kappa shape index (κ2) is 13.6. The molecule has 4 aliphatic heterocycles. The van der Waals surface area contributed by atoms with Crippen LogP contribution in [0.2, 0.25) is 0 Å². The number of ether oxygens (including phenoxy) is 1. The van der Waals surface area contributed by atoms with E-state index in [4.69, 9.17) is 4.74 Å². The molecule has 2 aromatic carbocycles. The standard InChI is InChI=1S/C31H35F4N5O8S/c32-19-2-1-3-21(10-19)49(46,47)40-9-8-38-16-23(40)29(44)36-13-25-28(43)27(42)24(48-25)12-26(41)37-20-11-22(30(38)45)39(15-20)14-17-4-6-18(7-5-17)31(33,34)35/h1-7,10,20,22-25,27-28,42-43H,8-9,11-16H2,(H,36,44)(H,37,41)/t20-,22-,23-,24-,25+,27-,28+/m0/s1. The SMILES string of the molecule is O=C1C[C@@H]2O[C@H](CNC(=O)[C@@H]3CN(CCN3S(=O)(=O)c3cccc(F)c3)C(=O)[C@@H]3C[C@@H](CN3Cc3ccc(C(F)(F)F)cc3)N1)[C@@H](O)[C@H]2O. The summed E-state index contributed by atoms with van der Waals surface area (Å²) < 4.78 is 87.6. The van der Waals surface area contributed by atoms with E-state index in [0.717, 1.165) is 28.6 Å². The maximum Gasteiger partial charge on any atom is 0.416 e. The first-order valence-corrected chi connectivity index (χ1v) is 17.1. The molecule has 4 heterocycles. The average Bonchev–Trinajstić information content (AvgIpc) is 3.57. The van der Waals surface area contributed by atoms with Gasteiger partial charge in [-0.15, -0.1) is 0 Å². The van der Waals surface area contributed by atoms with E-state index < -0.39 is 99.3 Å². The number of rotatable bonds is 4. The lowest BCUT2D eigenvalue weighted by molar-refractivity contribution is -0.140. The Hall–Kier alpha value is -3.68. The van der Waals surface area contributed by atoms with E-state index in [-0.39, 0.29) is 45.6 Å². The Labute approximate surface area is 278 Å². The molecule has 0 spiro atoms. The van der Waals surface area contributed by atoms with Crippen molar-refractivity contribution in [3.63, 3.8) is 0 Å². The predicted octanol–water partition coefficient (Wildman–Crippen LogP) is -0.186. The normalized spacial score (nSPS) is 30.7. The Kier molecular flexibility index (Phi) is 9.73. The molecule has 6 rings (SSSR count). The molecule has 0 aromatic heterocycles. The first kappa shape index (κ1) is 35.2. The van der Waals surface area contributed by atoms with Crippen LogP contribution in [0.3, 0.4) is 0 Å². The molecule has 0 saturated carbocycles. The van der Waals surface area contributed by atoms with Gasteiger partial charge in [0.25, 0.3) is 0 Å². The third-order valence-corrected chi connectivity index (χ3v) is 11.3. The largest absolute Gasteiger partial charge is 0.416 e. The highest BCUT2D eigenvalue weighted by atomic mass is 32.2. The Bertz CT molecular complexity index is 1700. The lowest BCUT2D eigenvalue weighted by atomic mass is 10.0. The fourth-order valence-corrected chi connectivity index (χ4v) is 8.47. The van der Waals surface area contributed by atoms with Crippen molar-refractivity contribution in [2.24, 2.45) is 0 Å². The third-order valence-electron chi connectivity index (χ3n) is 9.39. The second-order valence-corrected chi connectivity index (χ2v) is 14.5. The number of halogens is 4. The van der Waals surface area contributed by atoms with Crippen LogP contribution in [-0.4, -0.2) is 126 Å². The first-order chi connectivity index (χ1) is 23.1. The van der Waals surface area contributed by atoms with Crippen molar-refractivity contribution in [2.75, 3.05) is 32.7 Å². The van der Waals surface area contributed by atoms with Crippen molar-refractivity contribution >= 4 is 27.7 Å². The van der Waals surface area contributed by atoms with E-state index in [1.807, 2.05) is 0 Å². The van der Waals surface area contributed by atoms with Crippen LogP contribution in [0.15, 0.2) is 53.4 Å². The monoisotopic (exact) mass is 713 g/mol. The molecule has 7 atom stereocenters. The molecular formula is C31H35F4N5O8S. The molecular weight excluding hydrogens is 678 g/mol. The molecule has 4 fully saturated rings. The molecule has 266 valence electrons. The van der Waals surface area contributed by atoms with Crippen LogP contribution < -0.4 is 10.6 Å². The predicted molar refractivity (Wildman–Crippen MR) is 161 cm³/mol. The van der Waals surface area contributed by atoms with Crippen LogP contribution in [0.5, 0.6) is 0 Å². The van der Waals surface area contributed by atoms with E-state index in [0.29, 0.717) is 5.56 Å². The molecule has 0 aliphatic carbocycles. The van der Waals surface area contributed by atoms with Gasteiger partial charge in [-0.05, 0) is 42.3 Å². The number of carbonyl (C=O) groups excluding carboxylic acids is 3. The van der Waals surface area contributed by atoms with Crippen molar-refractivity contribution in [3.05, 3.63) is 65.5 Å². The van der Waals surface area contributed by atoms with Gasteiger partial charge in [0, 0.05) is 45.3 Å². The van der Waals surface area contributed by atoms with E-state index in [1.54, 1.807) is 4.90 Å². The average molecular weight is 714 g/mol. The van der Waals surface area contributed by atoms with Gasteiger partial charge in [-0.1, -0.05) is 18.2 Å². The van der Waals surface area contributed by atoms with E-state index in [1.165, 1.54) is 29.2 Å². The summed E-state index contributed by atoms with van der Waals surface area (Å²) in [6.07, 6.45) is -10.1. The van der Waals surface area contributed by atoms with Crippen molar-refractivity contribution in [2.45, 2.75) is 73.0 Å². The van der Waals surface area contributed by atoms with Crippen LogP contribution in [0.4, 0.5) is 17.6 Å². The molecule has 13 nitrogen and oxygen atoms in total. The minimum atomic E-state index is -4.54. The van der Waals surface area contributed by atoms with Gasteiger partial charge >= 0.3 is 6.18 Å². The Morgan fingerprint density at radius 3 is 2.35 bits per heavy atom.